The summed E-state index contributed by atoms with van der Waals surface area (Å²) in [6.45, 7) is 3.42. The number of rotatable bonds is 8. The molecule has 0 bridgehead atoms. The van der Waals surface area contributed by atoms with E-state index in [-0.39, 0.29) is 0 Å². The molecule has 0 saturated heterocycles. The molecule has 3 aromatic rings. The van der Waals surface area contributed by atoms with Gasteiger partial charge in [-0.2, -0.15) is 0 Å². The molecule has 0 saturated carbocycles. The van der Waals surface area contributed by atoms with Crippen molar-refractivity contribution in [3.05, 3.63) is 67.6 Å². The largest absolute Gasteiger partial charge is 0.490 e. The van der Waals surface area contributed by atoms with Crippen LogP contribution in [-0.4, -0.2) is 11.6 Å². The Labute approximate surface area is 180 Å². The molecule has 0 spiro atoms. The lowest BCUT2D eigenvalue weighted by molar-refractivity contribution is 0.267. The second kappa shape index (κ2) is 9.64. The number of thiazole rings is 1. The Bertz CT molecular complexity index is 907. The third-order valence-electron chi connectivity index (χ3n) is 3.63. The van der Waals surface area contributed by atoms with E-state index in [0.29, 0.717) is 41.3 Å². The van der Waals surface area contributed by atoms with Crippen LogP contribution in [0.1, 0.15) is 18.1 Å². The summed E-state index contributed by atoms with van der Waals surface area (Å²) < 4.78 is 12.6. The zero-order valence-electron chi connectivity index (χ0n) is 14.5. The zero-order chi connectivity index (χ0) is 19.2. The molecule has 0 fully saturated rings. The average Bonchev–Trinajstić information content (AvgIpc) is 3.14. The lowest BCUT2D eigenvalue weighted by atomic mass is 10.2. The average molecular weight is 488 g/mol. The van der Waals surface area contributed by atoms with E-state index in [1.165, 1.54) is 0 Å². The highest BCUT2D eigenvalue weighted by Gasteiger charge is 2.14. The van der Waals surface area contributed by atoms with Gasteiger partial charge < -0.3 is 14.8 Å². The van der Waals surface area contributed by atoms with Crippen molar-refractivity contribution in [2.24, 2.45) is 0 Å². The first-order chi connectivity index (χ1) is 13.1. The van der Waals surface area contributed by atoms with Crippen molar-refractivity contribution in [1.82, 2.24) is 4.98 Å². The first-order valence-electron chi connectivity index (χ1n) is 8.22. The third kappa shape index (κ3) is 5.51. The molecule has 1 heterocycles. The predicted molar refractivity (Wildman–Crippen MR) is 116 cm³/mol. The topological polar surface area (TPSA) is 43.4 Å². The number of nitrogens with zero attached hydrogens (tertiary/aromatic N) is 1. The van der Waals surface area contributed by atoms with Crippen molar-refractivity contribution in [2.45, 2.75) is 20.1 Å². The lowest BCUT2D eigenvalue weighted by Crippen LogP contribution is -2.04. The monoisotopic (exact) mass is 486 g/mol. The van der Waals surface area contributed by atoms with E-state index in [2.05, 4.69) is 26.2 Å². The Hall–Kier alpha value is -1.47. The molecule has 4 nitrogen and oxygen atoms in total. The molecule has 27 heavy (non-hydrogen) atoms. The number of benzene rings is 2. The van der Waals surface area contributed by atoms with Crippen LogP contribution < -0.4 is 14.8 Å². The maximum absolute atomic E-state index is 6.23. The molecule has 8 heteroatoms. The molecule has 0 radical (unpaired) electrons. The van der Waals surface area contributed by atoms with Crippen LogP contribution >= 0.6 is 50.5 Å². The fourth-order valence-electron chi connectivity index (χ4n) is 2.40. The van der Waals surface area contributed by atoms with E-state index in [1.807, 2.05) is 30.5 Å². The van der Waals surface area contributed by atoms with Crippen LogP contribution in [-0.2, 0) is 13.2 Å². The second-order valence-corrected chi connectivity index (χ2v) is 8.15. The fourth-order valence-corrected chi connectivity index (χ4v) is 4.00. The van der Waals surface area contributed by atoms with E-state index in [1.54, 1.807) is 29.7 Å². The van der Waals surface area contributed by atoms with Gasteiger partial charge in [-0.15, -0.1) is 11.3 Å². The highest BCUT2D eigenvalue weighted by atomic mass is 79.9. The van der Waals surface area contributed by atoms with Crippen LogP contribution in [0.15, 0.2) is 46.4 Å². The normalized spacial score (nSPS) is 10.7. The van der Waals surface area contributed by atoms with Crippen molar-refractivity contribution in [3.8, 4) is 11.5 Å². The molecule has 142 valence electrons. The predicted octanol–water partition coefficient (Wildman–Crippen LogP) is 6.80. The molecule has 1 aromatic heterocycles. The van der Waals surface area contributed by atoms with Crippen LogP contribution in [0.5, 0.6) is 11.5 Å². The summed E-state index contributed by atoms with van der Waals surface area (Å²) in [5.41, 5.74) is 1.90. The lowest BCUT2D eigenvalue weighted by Gasteiger charge is -2.16. The smallest absolute Gasteiger partial charge is 0.182 e. The van der Waals surface area contributed by atoms with E-state index in [0.717, 1.165) is 20.7 Å². The Morgan fingerprint density at radius 1 is 1.19 bits per heavy atom. The van der Waals surface area contributed by atoms with Gasteiger partial charge in [0.25, 0.3) is 0 Å². The van der Waals surface area contributed by atoms with Gasteiger partial charge in [-0.05, 0) is 52.7 Å². The SMILES string of the molecule is CCOc1cc(CNc2nccs2)cc(Br)c1OCc1ccc(Cl)cc1Cl. The molecule has 0 unspecified atom stereocenters. The van der Waals surface area contributed by atoms with E-state index >= 15 is 0 Å². The van der Waals surface area contributed by atoms with Crippen LogP contribution in [0.3, 0.4) is 0 Å². The minimum Gasteiger partial charge on any atom is -0.490 e. The molecule has 0 atom stereocenters. The molecular weight excluding hydrogens is 471 g/mol. The molecule has 0 amide bonds. The van der Waals surface area contributed by atoms with Crippen molar-refractivity contribution in [3.63, 3.8) is 0 Å². The van der Waals surface area contributed by atoms with Crippen molar-refractivity contribution in [1.29, 1.82) is 0 Å². The summed E-state index contributed by atoms with van der Waals surface area (Å²) in [6, 6.07) is 9.31. The Morgan fingerprint density at radius 3 is 2.74 bits per heavy atom. The molecule has 3 rings (SSSR count). The van der Waals surface area contributed by atoms with E-state index in [9.17, 15) is 0 Å². The maximum atomic E-state index is 6.23. The summed E-state index contributed by atoms with van der Waals surface area (Å²) in [7, 11) is 0. The van der Waals surface area contributed by atoms with Gasteiger partial charge in [0.15, 0.2) is 16.6 Å². The van der Waals surface area contributed by atoms with Gasteiger partial charge in [0, 0.05) is 33.7 Å². The van der Waals surface area contributed by atoms with E-state index in [4.69, 9.17) is 32.7 Å². The molecule has 1 N–H and O–H groups in total. The zero-order valence-corrected chi connectivity index (χ0v) is 18.4. The molecule has 0 aliphatic carbocycles. The van der Waals surface area contributed by atoms with Gasteiger partial charge in [0.2, 0.25) is 0 Å². The summed E-state index contributed by atoms with van der Waals surface area (Å²) in [4.78, 5) is 4.23. The first-order valence-corrected chi connectivity index (χ1v) is 10.6. The van der Waals surface area contributed by atoms with Crippen LogP contribution in [0.4, 0.5) is 5.13 Å². The summed E-state index contributed by atoms with van der Waals surface area (Å²) in [6.07, 6.45) is 1.77. The maximum Gasteiger partial charge on any atom is 0.182 e. The van der Waals surface area contributed by atoms with Gasteiger partial charge in [-0.1, -0.05) is 29.3 Å². The number of ether oxygens (including phenoxy) is 2. The van der Waals surface area contributed by atoms with Gasteiger partial charge >= 0.3 is 0 Å². The number of hydrogen-bond donors (Lipinski definition) is 1. The quantitative estimate of drug-likeness (QED) is 0.379. The first kappa shape index (κ1) is 20.3. The molecule has 0 aliphatic heterocycles. The van der Waals surface area contributed by atoms with Crippen molar-refractivity contribution >= 4 is 55.6 Å². The summed E-state index contributed by atoms with van der Waals surface area (Å²) in [5, 5.41) is 7.26. The Balaban J connectivity index is 1.76. The number of aromatic nitrogens is 1. The minimum absolute atomic E-state index is 0.311. The van der Waals surface area contributed by atoms with Crippen LogP contribution in [0.2, 0.25) is 10.0 Å². The highest BCUT2D eigenvalue weighted by Crippen LogP contribution is 2.38. The van der Waals surface area contributed by atoms with Gasteiger partial charge in [0.05, 0.1) is 11.1 Å². The second-order valence-electron chi connectivity index (χ2n) is 5.55. The number of halogens is 3. The molecule has 2 aromatic carbocycles. The number of anilines is 1. The minimum atomic E-state index is 0.311. The third-order valence-corrected chi connectivity index (χ3v) is 5.54. The van der Waals surface area contributed by atoms with Crippen LogP contribution in [0.25, 0.3) is 0 Å². The molecular formula is C19H17BrCl2N2O2S. The van der Waals surface area contributed by atoms with Gasteiger partial charge in [0.1, 0.15) is 6.61 Å². The standard InChI is InChI=1S/C19H17BrCl2N2O2S/c1-2-25-17-8-12(10-24-19-23-5-6-27-19)7-15(20)18(17)26-11-13-3-4-14(21)9-16(13)22/h3-9H,2,10-11H2,1H3,(H,23,24). The van der Waals surface area contributed by atoms with Crippen molar-refractivity contribution < 1.29 is 9.47 Å². The summed E-state index contributed by atoms with van der Waals surface area (Å²) >= 11 is 17.3. The number of hydrogen-bond acceptors (Lipinski definition) is 5. The number of nitrogens with one attached hydrogen (secondary N) is 1. The fraction of sp³-hybridized carbons (Fsp3) is 0.211. The summed E-state index contributed by atoms with van der Waals surface area (Å²) in [5.74, 6) is 1.31. The van der Waals surface area contributed by atoms with Crippen molar-refractivity contribution in [2.75, 3.05) is 11.9 Å². The van der Waals surface area contributed by atoms with Crippen LogP contribution in [0, 0.1) is 0 Å². The Morgan fingerprint density at radius 2 is 2.04 bits per heavy atom. The Kier molecular flexibility index (Phi) is 7.24. The van der Waals surface area contributed by atoms with Gasteiger partial charge in [-0.3, -0.25) is 0 Å². The molecule has 0 aliphatic rings. The van der Waals surface area contributed by atoms with Gasteiger partial charge in [-0.25, -0.2) is 4.98 Å². The van der Waals surface area contributed by atoms with E-state index < -0.39 is 0 Å². The highest BCUT2D eigenvalue weighted by molar-refractivity contribution is 9.10.